The first-order valence-corrected chi connectivity index (χ1v) is 6.61. The van der Waals surface area contributed by atoms with E-state index in [1.165, 1.54) is 0 Å². The molecule has 0 fully saturated rings. The Morgan fingerprint density at radius 3 is 2.74 bits per heavy atom. The Morgan fingerprint density at radius 1 is 1.26 bits per heavy atom. The van der Waals surface area contributed by atoms with Gasteiger partial charge in [0.15, 0.2) is 0 Å². The highest BCUT2D eigenvalue weighted by Crippen LogP contribution is 2.31. The zero-order valence-electron chi connectivity index (χ0n) is 10.9. The molecular formula is C14H16BrNO3. The van der Waals surface area contributed by atoms with E-state index in [-0.39, 0.29) is 6.04 Å². The molecule has 5 heteroatoms. The number of hydrogen-bond acceptors (Lipinski definition) is 4. The molecule has 0 aliphatic rings. The van der Waals surface area contributed by atoms with Gasteiger partial charge in [0.25, 0.3) is 0 Å². The first-order valence-electron chi connectivity index (χ1n) is 5.82. The van der Waals surface area contributed by atoms with E-state index in [0.29, 0.717) is 12.4 Å². The number of halogens is 1. The molecule has 2 aromatic rings. The number of ether oxygens (including phenoxy) is 2. The van der Waals surface area contributed by atoms with E-state index in [2.05, 4.69) is 15.9 Å². The van der Waals surface area contributed by atoms with Crippen LogP contribution in [0, 0.1) is 0 Å². The molecule has 102 valence electrons. The van der Waals surface area contributed by atoms with Crippen LogP contribution < -0.4 is 10.5 Å². The SMILES string of the molecule is COCc1ccc(C(N)c2ccc(Br)cc2OC)o1. The van der Waals surface area contributed by atoms with Gasteiger partial charge in [-0.05, 0) is 24.3 Å². The maximum absolute atomic E-state index is 6.22. The van der Waals surface area contributed by atoms with Gasteiger partial charge in [-0.1, -0.05) is 22.0 Å². The van der Waals surface area contributed by atoms with Crippen molar-refractivity contribution in [2.75, 3.05) is 14.2 Å². The number of hydrogen-bond donors (Lipinski definition) is 1. The van der Waals surface area contributed by atoms with Gasteiger partial charge in [-0.3, -0.25) is 0 Å². The molecule has 1 atom stereocenters. The summed E-state index contributed by atoms with van der Waals surface area (Å²) in [5.41, 5.74) is 7.10. The van der Waals surface area contributed by atoms with Gasteiger partial charge in [-0.15, -0.1) is 0 Å². The maximum atomic E-state index is 6.22. The Labute approximate surface area is 120 Å². The smallest absolute Gasteiger partial charge is 0.129 e. The van der Waals surface area contributed by atoms with Crippen molar-refractivity contribution >= 4 is 15.9 Å². The van der Waals surface area contributed by atoms with Crippen molar-refractivity contribution in [3.05, 3.63) is 51.9 Å². The van der Waals surface area contributed by atoms with Crippen molar-refractivity contribution in [2.45, 2.75) is 12.6 Å². The van der Waals surface area contributed by atoms with E-state index in [4.69, 9.17) is 19.6 Å². The highest BCUT2D eigenvalue weighted by atomic mass is 79.9. The fourth-order valence-corrected chi connectivity index (χ4v) is 2.22. The molecule has 1 unspecified atom stereocenters. The van der Waals surface area contributed by atoms with Crippen molar-refractivity contribution in [2.24, 2.45) is 5.73 Å². The van der Waals surface area contributed by atoms with Crippen LogP contribution in [0.2, 0.25) is 0 Å². The van der Waals surface area contributed by atoms with Crippen LogP contribution in [0.4, 0.5) is 0 Å². The summed E-state index contributed by atoms with van der Waals surface area (Å²) >= 11 is 3.41. The molecule has 2 rings (SSSR count). The van der Waals surface area contributed by atoms with Crippen LogP contribution in [0.5, 0.6) is 5.75 Å². The molecule has 0 saturated heterocycles. The maximum Gasteiger partial charge on any atom is 0.129 e. The summed E-state index contributed by atoms with van der Waals surface area (Å²) in [6.07, 6.45) is 0. The summed E-state index contributed by atoms with van der Waals surface area (Å²) in [6.45, 7) is 0.435. The zero-order valence-corrected chi connectivity index (χ0v) is 12.4. The molecule has 0 aliphatic heterocycles. The standard InChI is InChI=1S/C14H16BrNO3/c1-17-8-10-4-6-12(19-10)14(16)11-5-3-9(15)7-13(11)18-2/h3-7,14H,8,16H2,1-2H3. The minimum Gasteiger partial charge on any atom is -0.496 e. The predicted octanol–water partition coefficient (Wildman–Crippen LogP) is 3.25. The summed E-state index contributed by atoms with van der Waals surface area (Å²) < 4.78 is 17.0. The monoisotopic (exact) mass is 325 g/mol. The number of methoxy groups -OCH3 is 2. The summed E-state index contributed by atoms with van der Waals surface area (Å²) in [5.74, 6) is 2.17. The molecule has 1 heterocycles. The van der Waals surface area contributed by atoms with Gasteiger partial charge in [0.05, 0.1) is 13.2 Å². The average Bonchev–Trinajstić information content (AvgIpc) is 2.87. The molecule has 19 heavy (non-hydrogen) atoms. The van der Waals surface area contributed by atoms with Gasteiger partial charge in [-0.25, -0.2) is 0 Å². The van der Waals surface area contributed by atoms with Crippen molar-refractivity contribution in [3.8, 4) is 5.75 Å². The minimum atomic E-state index is -0.367. The average molecular weight is 326 g/mol. The quantitative estimate of drug-likeness (QED) is 0.916. The largest absolute Gasteiger partial charge is 0.496 e. The number of nitrogens with two attached hydrogens (primary N) is 1. The lowest BCUT2D eigenvalue weighted by molar-refractivity contribution is 0.162. The number of furan rings is 1. The fraction of sp³-hybridized carbons (Fsp3) is 0.286. The van der Waals surface area contributed by atoms with Gasteiger partial charge < -0.3 is 19.6 Å². The Morgan fingerprint density at radius 2 is 2.05 bits per heavy atom. The van der Waals surface area contributed by atoms with Crippen LogP contribution in [-0.4, -0.2) is 14.2 Å². The molecule has 1 aromatic carbocycles. The van der Waals surface area contributed by atoms with Gasteiger partial charge >= 0.3 is 0 Å². The second kappa shape index (κ2) is 6.23. The van der Waals surface area contributed by atoms with Gasteiger partial charge in [0.2, 0.25) is 0 Å². The molecule has 0 amide bonds. The van der Waals surface area contributed by atoms with E-state index in [1.807, 2.05) is 30.3 Å². The number of benzene rings is 1. The summed E-state index contributed by atoms with van der Waals surface area (Å²) in [7, 11) is 3.25. The lowest BCUT2D eigenvalue weighted by atomic mass is 10.0. The molecule has 2 N–H and O–H groups in total. The van der Waals surface area contributed by atoms with Crippen LogP contribution >= 0.6 is 15.9 Å². The number of rotatable bonds is 5. The molecule has 1 aromatic heterocycles. The van der Waals surface area contributed by atoms with Crippen molar-refractivity contribution < 1.29 is 13.9 Å². The van der Waals surface area contributed by atoms with Crippen LogP contribution in [0.1, 0.15) is 23.1 Å². The summed E-state index contributed by atoms with van der Waals surface area (Å²) in [6, 6.07) is 9.09. The van der Waals surface area contributed by atoms with Gasteiger partial charge in [0.1, 0.15) is 23.9 Å². The van der Waals surface area contributed by atoms with Gasteiger partial charge in [0, 0.05) is 17.1 Å². The van der Waals surface area contributed by atoms with Crippen LogP contribution in [0.25, 0.3) is 0 Å². The predicted molar refractivity (Wildman–Crippen MR) is 76.1 cm³/mol. The van der Waals surface area contributed by atoms with Gasteiger partial charge in [-0.2, -0.15) is 0 Å². The second-order valence-corrected chi connectivity index (χ2v) is 5.02. The zero-order chi connectivity index (χ0) is 13.8. The summed E-state index contributed by atoms with van der Waals surface area (Å²) in [5, 5.41) is 0. The van der Waals surface area contributed by atoms with Crippen LogP contribution in [0.15, 0.2) is 39.2 Å². The normalized spacial score (nSPS) is 12.4. The second-order valence-electron chi connectivity index (χ2n) is 4.10. The van der Waals surface area contributed by atoms with E-state index in [9.17, 15) is 0 Å². The van der Waals surface area contributed by atoms with E-state index >= 15 is 0 Å². The fourth-order valence-electron chi connectivity index (χ4n) is 1.88. The highest BCUT2D eigenvalue weighted by Gasteiger charge is 2.17. The first kappa shape index (κ1) is 14.1. The molecule has 0 spiro atoms. The Bertz CT molecular complexity index is 553. The molecule has 0 bridgehead atoms. The molecule has 0 aliphatic carbocycles. The minimum absolute atomic E-state index is 0.367. The molecule has 4 nitrogen and oxygen atoms in total. The Hall–Kier alpha value is -1.30. The third kappa shape index (κ3) is 3.18. The summed E-state index contributed by atoms with van der Waals surface area (Å²) in [4.78, 5) is 0. The lowest BCUT2D eigenvalue weighted by Gasteiger charge is -2.14. The van der Waals surface area contributed by atoms with Crippen molar-refractivity contribution in [1.82, 2.24) is 0 Å². The van der Waals surface area contributed by atoms with E-state index in [0.717, 1.165) is 21.5 Å². The Kier molecular flexibility index (Phi) is 4.63. The topological polar surface area (TPSA) is 57.6 Å². The van der Waals surface area contributed by atoms with Crippen molar-refractivity contribution in [3.63, 3.8) is 0 Å². The van der Waals surface area contributed by atoms with Crippen LogP contribution in [0.3, 0.4) is 0 Å². The third-order valence-corrected chi connectivity index (χ3v) is 3.30. The van der Waals surface area contributed by atoms with Crippen LogP contribution in [-0.2, 0) is 11.3 Å². The van der Waals surface area contributed by atoms with E-state index in [1.54, 1.807) is 14.2 Å². The Balaban J connectivity index is 2.29. The van der Waals surface area contributed by atoms with E-state index < -0.39 is 0 Å². The third-order valence-electron chi connectivity index (χ3n) is 2.81. The molecular weight excluding hydrogens is 310 g/mol. The molecule has 0 saturated carbocycles. The highest BCUT2D eigenvalue weighted by molar-refractivity contribution is 9.10. The first-order chi connectivity index (χ1) is 9.15. The lowest BCUT2D eigenvalue weighted by Crippen LogP contribution is -2.12. The molecule has 0 radical (unpaired) electrons. The van der Waals surface area contributed by atoms with Crippen molar-refractivity contribution in [1.29, 1.82) is 0 Å².